The lowest BCUT2D eigenvalue weighted by Gasteiger charge is -2.13. The molecule has 1 heterocycles. The number of carbonyl (C=O) groups excluding carboxylic acids is 4. The van der Waals surface area contributed by atoms with Crippen molar-refractivity contribution < 1.29 is 23.9 Å². The molecule has 1 aliphatic heterocycles. The summed E-state index contributed by atoms with van der Waals surface area (Å²) >= 11 is 0. The molecule has 2 rings (SSSR count). The Balaban J connectivity index is 1.55. The first-order chi connectivity index (χ1) is 13.8. The molecular formula is C20H28N4O5. The monoisotopic (exact) mass is 404 g/mol. The van der Waals surface area contributed by atoms with Gasteiger partial charge in [0.2, 0.25) is 5.91 Å². The van der Waals surface area contributed by atoms with Crippen molar-refractivity contribution in [3.63, 3.8) is 0 Å². The molecule has 9 heteroatoms. The molecule has 4 N–H and O–H groups in total. The van der Waals surface area contributed by atoms with E-state index in [2.05, 4.69) is 21.3 Å². The molecule has 2 atom stereocenters. The van der Waals surface area contributed by atoms with Gasteiger partial charge in [-0.05, 0) is 44.0 Å². The fourth-order valence-corrected chi connectivity index (χ4v) is 3.03. The summed E-state index contributed by atoms with van der Waals surface area (Å²) in [6.45, 7) is 3.03. The number of rotatable bonds is 10. The minimum Gasteiger partial charge on any atom is -0.456 e. The van der Waals surface area contributed by atoms with Gasteiger partial charge in [-0.3, -0.25) is 14.4 Å². The molecule has 0 saturated carbocycles. The summed E-state index contributed by atoms with van der Waals surface area (Å²) in [5.74, 6) is -1.01. The summed E-state index contributed by atoms with van der Waals surface area (Å²) in [6.07, 6.45) is 3.54. The number of unbranched alkanes of at least 4 members (excludes halogenated alkanes) is 2. The smallest absolute Gasteiger partial charge is 0.315 e. The number of carbonyl (C=O) groups is 4. The van der Waals surface area contributed by atoms with E-state index in [1.54, 1.807) is 24.3 Å². The minimum absolute atomic E-state index is 0.118. The summed E-state index contributed by atoms with van der Waals surface area (Å²) in [4.78, 5) is 45.8. The third-order valence-electron chi connectivity index (χ3n) is 4.53. The molecule has 0 aliphatic carbocycles. The summed E-state index contributed by atoms with van der Waals surface area (Å²) < 4.78 is 4.99. The molecule has 0 bridgehead atoms. The maximum absolute atomic E-state index is 11.9. The first kappa shape index (κ1) is 22.2. The second-order valence-electron chi connectivity index (χ2n) is 7.08. The quantitative estimate of drug-likeness (QED) is 0.351. The molecular weight excluding hydrogens is 376 g/mol. The number of benzene rings is 1. The molecule has 1 aliphatic rings. The Kier molecular flexibility index (Phi) is 8.45. The highest BCUT2D eigenvalue weighted by atomic mass is 16.5. The average molecular weight is 404 g/mol. The summed E-state index contributed by atoms with van der Waals surface area (Å²) in [5, 5.41) is 10.9. The van der Waals surface area contributed by atoms with Gasteiger partial charge in [0.05, 0.1) is 6.04 Å². The lowest BCUT2D eigenvalue weighted by atomic mass is 10.0. The second-order valence-corrected chi connectivity index (χ2v) is 7.08. The lowest BCUT2D eigenvalue weighted by Crippen LogP contribution is -2.30. The lowest BCUT2D eigenvalue weighted by molar-refractivity contribution is -0.147. The van der Waals surface area contributed by atoms with Crippen LogP contribution in [0.25, 0.3) is 0 Å². The van der Waals surface area contributed by atoms with Crippen LogP contribution < -0.4 is 21.3 Å². The van der Waals surface area contributed by atoms with Gasteiger partial charge in [-0.2, -0.15) is 0 Å². The highest BCUT2D eigenvalue weighted by molar-refractivity contribution is 5.93. The Morgan fingerprint density at radius 3 is 2.24 bits per heavy atom. The highest BCUT2D eigenvalue weighted by Crippen LogP contribution is 2.14. The van der Waals surface area contributed by atoms with Crippen molar-refractivity contribution >= 4 is 35.2 Å². The van der Waals surface area contributed by atoms with Gasteiger partial charge >= 0.3 is 12.0 Å². The van der Waals surface area contributed by atoms with Gasteiger partial charge in [-0.15, -0.1) is 0 Å². The topological polar surface area (TPSA) is 126 Å². The van der Waals surface area contributed by atoms with Crippen molar-refractivity contribution in [2.45, 2.75) is 58.0 Å². The number of ether oxygens (including phenoxy) is 1. The summed E-state index contributed by atoms with van der Waals surface area (Å²) in [6, 6.07) is 6.74. The van der Waals surface area contributed by atoms with Crippen molar-refractivity contribution in [2.75, 3.05) is 17.2 Å². The van der Waals surface area contributed by atoms with Gasteiger partial charge in [0.15, 0.2) is 6.61 Å². The maximum Gasteiger partial charge on any atom is 0.315 e. The predicted molar refractivity (Wildman–Crippen MR) is 108 cm³/mol. The molecule has 1 saturated heterocycles. The highest BCUT2D eigenvalue weighted by Gasteiger charge is 2.26. The molecule has 9 nitrogen and oxygen atoms in total. The van der Waals surface area contributed by atoms with Crippen LogP contribution in [-0.4, -0.2) is 42.5 Å². The number of nitrogens with one attached hydrogen (secondary N) is 4. The maximum atomic E-state index is 11.9. The molecule has 0 aromatic heterocycles. The second kappa shape index (κ2) is 11.0. The van der Waals surface area contributed by atoms with E-state index in [0.29, 0.717) is 17.8 Å². The van der Waals surface area contributed by atoms with Gasteiger partial charge in [0, 0.05) is 30.8 Å². The van der Waals surface area contributed by atoms with Crippen LogP contribution in [-0.2, 0) is 19.1 Å². The molecule has 1 aromatic rings. The van der Waals surface area contributed by atoms with Crippen molar-refractivity contribution in [1.29, 1.82) is 0 Å². The average Bonchev–Trinajstić information content (AvgIpc) is 2.98. The van der Waals surface area contributed by atoms with Crippen molar-refractivity contribution in [2.24, 2.45) is 0 Å². The molecule has 2 unspecified atom stereocenters. The van der Waals surface area contributed by atoms with Gasteiger partial charge in [0.25, 0.3) is 5.91 Å². The van der Waals surface area contributed by atoms with Crippen LogP contribution in [0.4, 0.5) is 16.2 Å². The third-order valence-corrected chi connectivity index (χ3v) is 4.53. The fourth-order valence-electron chi connectivity index (χ4n) is 3.03. The van der Waals surface area contributed by atoms with Crippen LogP contribution in [0, 0.1) is 0 Å². The van der Waals surface area contributed by atoms with E-state index in [4.69, 9.17) is 4.74 Å². The molecule has 158 valence electrons. The first-order valence-electron chi connectivity index (χ1n) is 9.73. The van der Waals surface area contributed by atoms with E-state index in [1.807, 2.05) is 6.92 Å². The van der Waals surface area contributed by atoms with Gasteiger partial charge in [0.1, 0.15) is 0 Å². The SMILES string of the molecule is CC(=O)Nc1ccc(NC(=O)COC(=O)CCCCCC2NC(=O)NC2C)cc1. The van der Waals surface area contributed by atoms with E-state index in [0.717, 1.165) is 19.3 Å². The largest absolute Gasteiger partial charge is 0.456 e. The van der Waals surface area contributed by atoms with Crippen molar-refractivity contribution in [1.82, 2.24) is 10.6 Å². The Labute approximate surface area is 169 Å². The fraction of sp³-hybridized carbons (Fsp3) is 0.500. The molecule has 1 aromatic carbocycles. The number of urea groups is 1. The Morgan fingerprint density at radius 1 is 1.00 bits per heavy atom. The van der Waals surface area contributed by atoms with Crippen LogP contribution in [0.5, 0.6) is 0 Å². The van der Waals surface area contributed by atoms with Crippen molar-refractivity contribution in [3.8, 4) is 0 Å². The van der Waals surface area contributed by atoms with E-state index >= 15 is 0 Å². The molecule has 29 heavy (non-hydrogen) atoms. The first-order valence-corrected chi connectivity index (χ1v) is 9.73. The predicted octanol–water partition coefficient (Wildman–Crippen LogP) is 2.15. The summed E-state index contributed by atoms with van der Waals surface area (Å²) in [5.41, 5.74) is 1.17. The van der Waals surface area contributed by atoms with E-state index in [-0.39, 0.29) is 37.0 Å². The van der Waals surface area contributed by atoms with Crippen molar-refractivity contribution in [3.05, 3.63) is 24.3 Å². The number of anilines is 2. The standard InChI is InChI=1S/C20H28N4O5/c1-13-17(24-20(28)21-13)6-4-3-5-7-19(27)29-12-18(26)23-16-10-8-15(9-11-16)22-14(2)25/h8-11,13,17H,3-7,12H2,1-2H3,(H,22,25)(H,23,26)(H2,21,24,28). The van der Waals surface area contributed by atoms with Crippen LogP contribution in [0.1, 0.15) is 46.0 Å². The normalized spacial score (nSPS) is 17.8. The minimum atomic E-state index is -0.427. The van der Waals surface area contributed by atoms with E-state index in [9.17, 15) is 19.2 Å². The van der Waals surface area contributed by atoms with E-state index < -0.39 is 11.9 Å². The number of hydrogen-bond donors (Lipinski definition) is 4. The molecule has 0 spiro atoms. The molecule has 4 amide bonds. The van der Waals surface area contributed by atoms with Crippen LogP contribution >= 0.6 is 0 Å². The van der Waals surface area contributed by atoms with Crippen LogP contribution in [0.15, 0.2) is 24.3 Å². The Hall–Kier alpha value is -3.10. The van der Waals surface area contributed by atoms with Crippen LogP contribution in [0.3, 0.4) is 0 Å². The zero-order valence-corrected chi connectivity index (χ0v) is 16.7. The Bertz CT molecular complexity index is 735. The van der Waals surface area contributed by atoms with Crippen LogP contribution in [0.2, 0.25) is 0 Å². The molecule has 1 fully saturated rings. The Morgan fingerprint density at radius 2 is 1.66 bits per heavy atom. The van der Waals surface area contributed by atoms with Gasteiger partial charge in [-0.25, -0.2) is 4.79 Å². The zero-order chi connectivity index (χ0) is 21.2. The zero-order valence-electron chi connectivity index (χ0n) is 16.7. The third kappa shape index (κ3) is 8.20. The number of hydrogen-bond acceptors (Lipinski definition) is 5. The van der Waals surface area contributed by atoms with Gasteiger partial charge < -0.3 is 26.0 Å². The summed E-state index contributed by atoms with van der Waals surface area (Å²) in [7, 11) is 0. The molecule has 0 radical (unpaired) electrons. The number of amides is 4. The number of esters is 1. The van der Waals surface area contributed by atoms with E-state index in [1.165, 1.54) is 6.92 Å². The van der Waals surface area contributed by atoms with Gasteiger partial charge in [-0.1, -0.05) is 12.8 Å².